The highest BCUT2D eigenvalue weighted by atomic mass is 15.3. The Bertz CT molecular complexity index is 356. The van der Waals surface area contributed by atoms with Gasteiger partial charge in [-0.15, -0.1) is 0 Å². The van der Waals surface area contributed by atoms with Crippen molar-refractivity contribution in [3.63, 3.8) is 0 Å². The molecule has 2 rings (SSSR count). The quantitative estimate of drug-likeness (QED) is 0.887. The average molecular weight is 249 g/mol. The highest BCUT2D eigenvalue weighted by Gasteiger charge is 2.15. The van der Waals surface area contributed by atoms with Crippen LogP contribution < -0.4 is 5.32 Å². The Morgan fingerprint density at radius 1 is 1.28 bits per heavy atom. The average Bonchev–Trinajstić information content (AvgIpc) is 2.79. The summed E-state index contributed by atoms with van der Waals surface area (Å²) < 4.78 is 2.05. The first-order chi connectivity index (χ1) is 8.55. The molecule has 0 unspecified atom stereocenters. The fraction of sp³-hybridized carbons (Fsp3) is 0.800. The van der Waals surface area contributed by atoms with Crippen LogP contribution in [-0.4, -0.2) is 16.3 Å². The highest BCUT2D eigenvalue weighted by molar-refractivity contribution is 5.04. The maximum atomic E-state index is 4.43. The maximum absolute atomic E-state index is 4.43. The molecule has 3 nitrogen and oxygen atoms in total. The minimum atomic E-state index is 0.0849. The molecule has 1 aliphatic rings. The summed E-state index contributed by atoms with van der Waals surface area (Å²) in [4.78, 5) is 0. The summed E-state index contributed by atoms with van der Waals surface area (Å²) in [5, 5.41) is 8.01. The Kier molecular flexibility index (Phi) is 4.44. The molecule has 0 saturated heterocycles. The first kappa shape index (κ1) is 13.6. The minimum Gasteiger partial charge on any atom is -0.312 e. The van der Waals surface area contributed by atoms with Gasteiger partial charge in [-0.1, -0.05) is 19.3 Å². The molecule has 0 aliphatic heterocycles. The molecule has 3 heteroatoms. The Balaban J connectivity index is 1.74. The molecule has 0 aromatic carbocycles. The van der Waals surface area contributed by atoms with Crippen LogP contribution in [0, 0.1) is 5.92 Å². The van der Waals surface area contributed by atoms with Crippen molar-refractivity contribution in [1.82, 2.24) is 15.1 Å². The molecule has 1 N–H and O–H groups in total. The molecule has 18 heavy (non-hydrogen) atoms. The van der Waals surface area contributed by atoms with E-state index in [1.54, 1.807) is 0 Å². The summed E-state index contributed by atoms with van der Waals surface area (Å²) >= 11 is 0. The van der Waals surface area contributed by atoms with Gasteiger partial charge >= 0.3 is 0 Å². The fourth-order valence-corrected chi connectivity index (χ4v) is 2.63. The molecule has 0 spiro atoms. The van der Waals surface area contributed by atoms with Gasteiger partial charge in [-0.25, -0.2) is 0 Å². The lowest BCUT2D eigenvalue weighted by atomic mass is 9.89. The summed E-state index contributed by atoms with van der Waals surface area (Å²) in [5.41, 5.74) is 1.38. The third-order valence-electron chi connectivity index (χ3n) is 3.81. The Hall–Kier alpha value is -0.830. The van der Waals surface area contributed by atoms with Crippen LogP contribution in [0.15, 0.2) is 12.4 Å². The fourth-order valence-electron chi connectivity index (χ4n) is 2.63. The van der Waals surface area contributed by atoms with Crippen molar-refractivity contribution in [3.8, 4) is 0 Å². The largest absolute Gasteiger partial charge is 0.312 e. The summed E-state index contributed by atoms with van der Waals surface area (Å²) in [5.74, 6) is 0.899. The second-order valence-electron chi connectivity index (χ2n) is 6.60. The van der Waals surface area contributed by atoms with Gasteiger partial charge < -0.3 is 5.32 Å². The van der Waals surface area contributed by atoms with Crippen molar-refractivity contribution in [3.05, 3.63) is 18.0 Å². The zero-order chi connectivity index (χ0) is 13.0. The number of hydrogen-bond donors (Lipinski definition) is 1. The molecule has 1 aliphatic carbocycles. The molecule has 0 bridgehead atoms. The first-order valence-corrected chi connectivity index (χ1v) is 7.30. The van der Waals surface area contributed by atoms with E-state index in [1.165, 1.54) is 44.2 Å². The molecule has 1 saturated carbocycles. The van der Waals surface area contributed by atoms with Crippen molar-refractivity contribution in [2.75, 3.05) is 6.54 Å². The van der Waals surface area contributed by atoms with Gasteiger partial charge in [0.2, 0.25) is 0 Å². The maximum Gasteiger partial charge on any atom is 0.0543 e. The molecule has 102 valence electrons. The smallest absolute Gasteiger partial charge is 0.0543 e. The molecule has 0 radical (unpaired) electrons. The number of nitrogens with zero attached hydrogens (tertiary/aromatic N) is 2. The van der Waals surface area contributed by atoms with Crippen LogP contribution in [0.5, 0.6) is 0 Å². The van der Waals surface area contributed by atoms with E-state index in [-0.39, 0.29) is 5.54 Å². The van der Waals surface area contributed by atoms with Gasteiger partial charge in [0.15, 0.2) is 0 Å². The third-order valence-corrected chi connectivity index (χ3v) is 3.81. The van der Waals surface area contributed by atoms with Gasteiger partial charge in [-0.3, -0.25) is 4.68 Å². The third kappa shape index (κ3) is 3.84. The van der Waals surface area contributed by atoms with Gasteiger partial charge in [-0.05, 0) is 46.1 Å². The number of rotatable bonds is 4. The lowest BCUT2D eigenvalue weighted by Crippen LogP contribution is -2.24. The van der Waals surface area contributed by atoms with Crippen molar-refractivity contribution in [2.24, 2.45) is 5.92 Å². The van der Waals surface area contributed by atoms with E-state index in [1.807, 2.05) is 10.9 Å². The molecular weight excluding hydrogens is 222 g/mol. The van der Waals surface area contributed by atoms with Gasteiger partial charge in [0, 0.05) is 18.3 Å². The number of hydrogen-bond acceptors (Lipinski definition) is 2. The standard InChI is InChI=1S/C15H27N3/c1-15(2,3)18-12-14(11-17-18)10-16-9-13-7-5-4-6-8-13/h11-13,16H,4-10H2,1-3H3. The van der Waals surface area contributed by atoms with E-state index in [4.69, 9.17) is 0 Å². The van der Waals surface area contributed by atoms with Crippen molar-refractivity contribution in [2.45, 2.75) is 65.0 Å². The summed E-state index contributed by atoms with van der Waals surface area (Å²) in [6, 6.07) is 0. The van der Waals surface area contributed by atoms with E-state index >= 15 is 0 Å². The Morgan fingerprint density at radius 3 is 2.61 bits per heavy atom. The lowest BCUT2D eigenvalue weighted by Gasteiger charge is -2.21. The second kappa shape index (κ2) is 5.87. The monoisotopic (exact) mass is 249 g/mol. The SMILES string of the molecule is CC(C)(C)n1cc(CNCC2CCCCC2)cn1. The molecule has 1 aromatic rings. The summed E-state index contributed by atoms with van der Waals surface area (Å²) in [6.45, 7) is 8.66. The zero-order valence-corrected chi connectivity index (χ0v) is 12.1. The minimum absolute atomic E-state index is 0.0849. The Labute approximate surface area is 111 Å². The second-order valence-corrected chi connectivity index (χ2v) is 6.60. The summed E-state index contributed by atoms with van der Waals surface area (Å²) in [7, 11) is 0. The van der Waals surface area contributed by atoms with Gasteiger partial charge in [-0.2, -0.15) is 5.10 Å². The van der Waals surface area contributed by atoms with E-state index in [0.717, 1.165) is 12.5 Å². The lowest BCUT2D eigenvalue weighted by molar-refractivity contribution is 0.341. The normalized spacial score (nSPS) is 18.2. The van der Waals surface area contributed by atoms with Crippen LogP contribution in [0.25, 0.3) is 0 Å². The Morgan fingerprint density at radius 2 is 2.00 bits per heavy atom. The van der Waals surface area contributed by atoms with Crippen LogP contribution in [0.1, 0.15) is 58.4 Å². The molecule has 0 atom stereocenters. The van der Waals surface area contributed by atoms with Crippen molar-refractivity contribution in [1.29, 1.82) is 0 Å². The van der Waals surface area contributed by atoms with Crippen LogP contribution in [0.2, 0.25) is 0 Å². The van der Waals surface area contributed by atoms with Crippen LogP contribution >= 0.6 is 0 Å². The van der Waals surface area contributed by atoms with Gasteiger partial charge in [0.05, 0.1) is 11.7 Å². The molecule has 1 aromatic heterocycles. The van der Waals surface area contributed by atoms with Crippen molar-refractivity contribution >= 4 is 0 Å². The van der Waals surface area contributed by atoms with Gasteiger partial charge in [0.1, 0.15) is 0 Å². The van der Waals surface area contributed by atoms with E-state index in [2.05, 4.69) is 37.4 Å². The van der Waals surface area contributed by atoms with Crippen molar-refractivity contribution < 1.29 is 0 Å². The van der Waals surface area contributed by atoms with Crippen LogP contribution in [-0.2, 0) is 12.1 Å². The molecule has 1 heterocycles. The number of nitrogens with one attached hydrogen (secondary N) is 1. The van der Waals surface area contributed by atoms with Crippen LogP contribution in [0.4, 0.5) is 0 Å². The first-order valence-electron chi connectivity index (χ1n) is 7.30. The van der Waals surface area contributed by atoms with Crippen LogP contribution in [0.3, 0.4) is 0 Å². The predicted octanol–water partition coefficient (Wildman–Crippen LogP) is 3.31. The predicted molar refractivity (Wildman–Crippen MR) is 75.5 cm³/mol. The van der Waals surface area contributed by atoms with E-state index in [9.17, 15) is 0 Å². The zero-order valence-electron chi connectivity index (χ0n) is 12.1. The van der Waals surface area contributed by atoms with Gasteiger partial charge in [0.25, 0.3) is 0 Å². The molecular formula is C15H27N3. The van der Waals surface area contributed by atoms with E-state index in [0.29, 0.717) is 0 Å². The van der Waals surface area contributed by atoms with E-state index < -0.39 is 0 Å². The summed E-state index contributed by atoms with van der Waals surface area (Å²) in [6.07, 6.45) is 11.3. The molecule has 1 fully saturated rings. The number of aromatic nitrogens is 2. The highest BCUT2D eigenvalue weighted by Crippen LogP contribution is 2.22. The molecule has 0 amide bonds. The topological polar surface area (TPSA) is 29.9 Å².